The number of para-hydroxylation sites is 1. The molecule has 184 valence electrons. The Kier molecular flexibility index (Phi) is 6.11. The zero-order chi connectivity index (χ0) is 25.2. The number of carbonyl (C=O) groups is 2. The first-order valence-corrected chi connectivity index (χ1v) is 11.4. The largest absolute Gasteiger partial charge is 0.489 e. The predicted octanol–water partition coefficient (Wildman–Crippen LogP) is 2.41. The Hall–Kier alpha value is -4.67. The van der Waals surface area contributed by atoms with Gasteiger partial charge in [0.25, 0.3) is 5.91 Å². The zero-order valence-electron chi connectivity index (χ0n) is 19.4. The average Bonchev–Trinajstić information content (AvgIpc) is 3.49. The van der Waals surface area contributed by atoms with Crippen molar-refractivity contribution in [1.82, 2.24) is 30.4 Å². The van der Waals surface area contributed by atoms with Crippen LogP contribution in [0.15, 0.2) is 59.4 Å². The highest BCUT2D eigenvalue weighted by Crippen LogP contribution is 2.25. The number of ether oxygens (including phenoxy) is 1. The average molecular weight is 489 g/mol. The second-order valence-electron chi connectivity index (χ2n) is 8.69. The molecular formula is C25H24N6O5. The highest BCUT2D eigenvalue weighted by molar-refractivity contribution is 5.94. The minimum absolute atomic E-state index is 0.0845. The molecule has 2 aromatic heterocycles. The van der Waals surface area contributed by atoms with Crippen molar-refractivity contribution >= 4 is 22.9 Å². The summed E-state index contributed by atoms with van der Waals surface area (Å²) in [4.78, 5) is 44.1. The van der Waals surface area contributed by atoms with E-state index in [0.717, 1.165) is 22.2 Å². The summed E-state index contributed by atoms with van der Waals surface area (Å²) in [5.74, 6) is 0.0642. The molecule has 11 heteroatoms. The summed E-state index contributed by atoms with van der Waals surface area (Å²) in [6.07, 6.45) is -1.10. The molecule has 2 unspecified atom stereocenters. The van der Waals surface area contributed by atoms with Crippen LogP contribution in [0, 0.1) is 6.92 Å². The lowest BCUT2D eigenvalue weighted by Gasteiger charge is -2.17. The molecule has 36 heavy (non-hydrogen) atoms. The fourth-order valence-corrected chi connectivity index (χ4v) is 4.47. The number of nitrogens with one attached hydrogen (secondary N) is 3. The first kappa shape index (κ1) is 23.1. The van der Waals surface area contributed by atoms with Gasteiger partial charge in [0.1, 0.15) is 18.2 Å². The number of carbonyl (C=O) groups excluding carboxylic acids is 1. The summed E-state index contributed by atoms with van der Waals surface area (Å²) < 4.78 is 5.96. The molecule has 0 radical (unpaired) electrons. The summed E-state index contributed by atoms with van der Waals surface area (Å²) in [6.45, 7) is 2.49. The number of likely N-dealkylation sites (tertiary alicyclic amines) is 1. The second-order valence-corrected chi connectivity index (χ2v) is 8.69. The van der Waals surface area contributed by atoms with Gasteiger partial charge in [-0.15, -0.1) is 0 Å². The van der Waals surface area contributed by atoms with Crippen LogP contribution in [0.25, 0.3) is 10.9 Å². The van der Waals surface area contributed by atoms with Crippen LogP contribution in [-0.2, 0) is 6.61 Å². The standard InChI is InChI=1S/C25H24N6O5/c1-14-10-16(18-4-2-3-5-20(18)26-14)13-36-17-8-6-15(7-9-17)23(32)27-21-12-31(25(34)35)11-19(21)22-28-24(33)30-29-22/h2-10,19,21H,11-13H2,1H3,(H,27,32)(H,34,35)(H2,28,29,30,33). The molecule has 1 fully saturated rings. The molecule has 2 aromatic carbocycles. The van der Waals surface area contributed by atoms with Gasteiger partial charge in [-0.1, -0.05) is 18.2 Å². The number of aryl methyl sites for hydroxylation is 1. The third-order valence-electron chi connectivity index (χ3n) is 6.22. The van der Waals surface area contributed by atoms with Crippen LogP contribution in [0.5, 0.6) is 5.75 Å². The van der Waals surface area contributed by atoms with Crippen LogP contribution >= 0.6 is 0 Å². The summed E-state index contributed by atoms with van der Waals surface area (Å²) >= 11 is 0. The molecular weight excluding hydrogens is 464 g/mol. The van der Waals surface area contributed by atoms with E-state index >= 15 is 0 Å². The number of hydrogen-bond acceptors (Lipinski definition) is 6. The van der Waals surface area contributed by atoms with Crippen molar-refractivity contribution in [3.63, 3.8) is 0 Å². The SMILES string of the molecule is Cc1cc(COc2ccc(C(=O)NC3CN(C(=O)O)CC3c3n[nH]c(=O)[nH]3)cc2)c2ccccc2n1. The van der Waals surface area contributed by atoms with Crippen LogP contribution in [0.2, 0.25) is 0 Å². The van der Waals surface area contributed by atoms with E-state index in [9.17, 15) is 19.5 Å². The lowest BCUT2D eigenvalue weighted by atomic mass is 10.0. The van der Waals surface area contributed by atoms with Crippen molar-refractivity contribution < 1.29 is 19.4 Å². The number of rotatable bonds is 6. The normalized spacial score (nSPS) is 17.3. The first-order valence-electron chi connectivity index (χ1n) is 11.4. The molecule has 0 spiro atoms. The molecule has 0 aliphatic carbocycles. The topological polar surface area (TPSA) is 153 Å². The number of pyridine rings is 1. The molecule has 0 saturated carbocycles. The molecule has 3 heterocycles. The van der Waals surface area contributed by atoms with E-state index in [1.807, 2.05) is 37.3 Å². The Morgan fingerprint density at radius 1 is 1.17 bits per heavy atom. The van der Waals surface area contributed by atoms with E-state index in [1.54, 1.807) is 24.3 Å². The number of aromatic nitrogens is 4. The number of fused-ring (bicyclic) bond motifs is 1. The third-order valence-corrected chi connectivity index (χ3v) is 6.22. The Balaban J connectivity index is 1.26. The minimum Gasteiger partial charge on any atom is -0.489 e. The Bertz CT molecular complexity index is 1480. The van der Waals surface area contributed by atoms with Gasteiger partial charge < -0.3 is 20.1 Å². The van der Waals surface area contributed by atoms with Gasteiger partial charge in [0, 0.05) is 35.3 Å². The lowest BCUT2D eigenvalue weighted by Crippen LogP contribution is -2.40. The van der Waals surface area contributed by atoms with Crippen LogP contribution < -0.4 is 15.7 Å². The highest BCUT2D eigenvalue weighted by Gasteiger charge is 2.39. The number of aromatic amines is 2. The number of benzene rings is 2. The number of H-pyrrole nitrogens is 2. The van der Waals surface area contributed by atoms with Crippen molar-refractivity contribution in [1.29, 1.82) is 0 Å². The smallest absolute Gasteiger partial charge is 0.407 e. The summed E-state index contributed by atoms with van der Waals surface area (Å²) in [5.41, 5.74) is 2.75. The second kappa shape index (κ2) is 9.53. The van der Waals surface area contributed by atoms with Gasteiger partial charge in [-0.25, -0.2) is 14.7 Å². The Labute approximate surface area is 205 Å². The van der Waals surface area contributed by atoms with Crippen LogP contribution in [0.1, 0.15) is 33.4 Å². The van der Waals surface area contributed by atoms with Gasteiger partial charge in [-0.05, 0) is 43.3 Å². The maximum absolute atomic E-state index is 12.9. The lowest BCUT2D eigenvalue weighted by molar-refractivity contribution is 0.0933. The molecule has 2 atom stereocenters. The Morgan fingerprint density at radius 2 is 1.94 bits per heavy atom. The quantitative estimate of drug-likeness (QED) is 0.325. The van der Waals surface area contributed by atoms with Crippen molar-refractivity contribution in [2.24, 2.45) is 0 Å². The van der Waals surface area contributed by atoms with E-state index in [0.29, 0.717) is 23.7 Å². The summed E-state index contributed by atoms with van der Waals surface area (Å²) in [6, 6.07) is 16.1. The minimum atomic E-state index is -1.10. The molecule has 1 aliphatic rings. The first-order chi connectivity index (χ1) is 17.4. The summed E-state index contributed by atoms with van der Waals surface area (Å²) in [7, 11) is 0. The molecule has 4 aromatic rings. The van der Waals surface area contributed by atoms with Crippen molar-refractivity contribution in [3.05, 3.63) is 87.7 Å². The number of amides is 2. The number of carboxylic acid groups (broad SMARTS) is 1. The third kappa shape index (κ3) is 4.76. The van der Waals surface area contributed by atoms with E-state index in [1.165, 1.54) is 4.90 Å². The zero-order valence-corrected chi connectivity index (χ0v) is 19.4. The van der Waals surface area contributed by atoms with Crippen molar-refractivity contribution in [2.45, 2.75) is 25.5 Å². The number of nitrogens with zero attached hydrogens (tertiary/aromatic N) is 3. The fraction of sp³-hybridized carbons (Fsp3) is 0.240. The number of hydrogen-bond donors (Lipinski definition) is 4. The van der Waals surface area contributed by atoms with E-state index in [2.05, 4.69) is 25.5 Å². The molecule has 2 amide bonds. The molecule has 0 bridgehead atoms. The van der Waals surface area contributed by atoms with Gasteiger partial charge in [-0.2, -0.15) is 5.10 Å². The Morgan fingerprint density at radius 3 is 2.67 bits per heavy atom. The van der Waals surface area contributed by atoms with Gasteiger partial charge in [0.2, 0.25) is 0 Å². The predicted molar refractivity (Wildman–Crippen MR) is 130 cm³/mol. The maximum atomic E-state index is 12.9. The molecule has 4 N–H and O–H groups in total. The van der Waals surface area contributed by atoms with Gasteiger partial charge >= 0.3 is 11.8 Å². The van der Waals surface area contributed by atoms with E-state index < -0.39 is 23.7 Å². The molecule has 5 rings (SSSR count). The van der Waals surface area contributed by atoms with E-state index in [4.69, 9.17) is 4.74 Å². The summed E-state index contributed by atoms with van der Waals surface area (Å²) in [5, 5.41) is 19.5. The van der Waals surface area contributed by atoms with Crippen molar-refractivity contribution in [2.75, 3.05) is 13.1 Å². The van der Waals surface area contributed by atoms with Crippen LogP contribution in [-0.4, -0.2) is 61.3 Å². The van der Waals surface area contributed by atoms with Gasteiger partial charge in [0.15, 0.2) is 0 Å². The molecule has 1 saturated heterocycles. The van der Waals surface area contributed by atoms with Crippen molar-refractivity contribution in [3.8, 4) is 5.75 Å². The fourth-order valence-electron chi connectivity index (χ4n) is 4.47. The van der Waals surface area contributed by atoms with Gasteiger partial charge in [0.05, 0.1) is 17.5 Å². The molecule has 11 nitrogen and oxygen atoms in total. The molecule has 1 aliphatic heterocycles. The van der Waals surface area contributed by atoms with Crippen LogP contribution in [0.4, 0.5) is 4.79 Å². The maximum Gasteiger partial charge on any atom is 0.407 e. The van der Waals surface area contributed by atoms with Crippen LogP contribution in [0.3, 0.4) is 0 Å². The van der Waals surface area contributed by atoms with E-state index in [-0.39, 0.29) is 19.0 Å². The van der Waals surface area contributed by atoms with Gasteiger partial charge in [-0.3, -0.25) is 14.8 Å². The highest BCUT2D eigenvalue weighted by atomic mass is 16.5. The monoisotopic (exact) mass is 488 g/mol.